The summed E-state index contributed by atoms with van der Waals surface area (Å²) in [5, 5.41) is 98.4. The minimum absolute atomic E-state index is 0.0322. The molecule has 5 aromatic carbocycles. The highest BCUT2D eigenvalue weighted by Crippen LogP contribution is 2.44. The molecule has 104 heavy (non-hydrogen) atoms. The Kier molecular flexibility index (Phi) is 27.9. The van der Waals surface area contributed by atoms with Crippen molar-refractivity contribution in [1.82, 2.24) is 35.5 Å². The van der Waals surface area contributed by atoms with Gasteiger partial charge in [0.05, 0.1) is 94.3 Å². The second kappa shape index (κ2) is 37.5. The van der Waals surface area contributed by atoms with Crippen LogP contribution in [-0.2, 0) is 41.6 Å². The van der Waals surface area contributed by atoms with Crippen LogP contribution in [0.2, 0.25) is 0 Å². The summed E-state index contributed by atoms with van der Waals surface area (Å²) in [5.74, 6) is -0.964. The van der Waals surface area contributed by atoms with Crippen molar-refractivity contribution in [2.24, 2.45) is 20.5 Å². The number of nitrogens with one attached hydrogen (secondary N) is 3. The van der Waals surface area contributed by atoms with Crippen molar-refractivity contribution in [3.8, 4) is 33.9 Å². The molecule has 6 aromatic rings. The maximum absolute atomic E-state index is 13.4. The molecule has 3 heterocycles. The van der Waals surface area contributed by atoms with Gasteiger partial charge in [0.15, 0.2) is 12.6 Å². The van der Waals surface area contributed by atoms with Gasteiger partial charge in [-0.15, -0.1) is 15.3 Å². The maximum Gasteiger partial charge on any atom is 0.336 e. The molecule has 552 valence electrons. The van der Waals surface area contributed by atoms with E-state index in [2.05, 4.69) is 46.7 Å². The number of amides is 3. The number of fused-ring (bicyclic) bond motifs is 2. The number of carboxylic acids is 1. The van der Waals surface area contributed by atoms with E-state index in [1.807, 2.05) is 110 Å². The van der Waals surface area contributed by atoms with Crippen molar-refractivity contribution in [3.63, 3.8) is 0 Å². The van der Waals surface area contributed by atoms with Gasteiger partial charge >= 0.3 is 5.97 Å². The predicted octanol–water partition coefficient (Wildman–Crippen LogP) is 7.55. The molecule has 32 nitrogen and oxygen atoms in total. The summed E-state index contributed by atoms with van der Waals surface area (Å²) in [5.41, 5.74) is 6.52. The van der Waals surface area contributed by atoms with Crippen molar-refractivity contribution in [2.75, 3.05) is 105 Å². The van der Waals surface area contributed by atoms with Gasteiger partial charge in [0.25, 0.3) is 11.6 Å². The number of unbranched alkanes of at least 4 members (excludes halogenated alkanes) is 3. The summed E-state index contributed by atoms with van der Waals surface area (Å²) in [6, 6.07) is 32.4. The highest BCUT2D eigenvalue weighted by atomic mass is 16.8. The highest BCUT2D eigenvalue weighted by molar-refractivity contribution is 6.09. The average molecular weight is 1440 g/mol. The summed E-state index contributed by atoms with van der Waals surface area (Å²) in [7, 11) is 12.6. The van der Waals surface area contributed by atoms with E-state index in [0.29, 0.717) is 125 Å². The number of benzene rings is 6. The predicted molar refractivity (Wildman–Crippen MR) is 382 cm³/mol. The van der Waals surface area contributed by atoms with Gasteiger partial charge in [-0.1, -0.05) is 24.1 Å². The van der Waals surface area contributed by atoms with Gasteiger partial charge in [-0.25, -0.2) is 14.1 Å². The minimum atomic E-state index is -1.75. The Balaban J connectivity index is 0.666. The SMILES string of the molecule is COc1cc(N=Nc2ccc([N+](=O)[O-])cc2)c(OC)cc1N=Nc1ccc(N(C)CCCC(=O)NCc2cn(CCOCCOC(CC(=O)NCCCCCCNC(=O)c3ccc(-c4c5ccc(=[N+](C)C)cc-5oc5cc(N(C)C)ccc45)c(C(=O)O)c3)O[C@@H]3O[C@H](CO)[C@@H](O)[C@H](O)[C@H]3O)nn2)cc1. The van der Waals surface area contributed by atoms with Crippen molar-refractivity contribution >= 4 is 74.5 Å². The minimum Gasteiger partial charge on any atom is -0.494 e. The number of aliphatic hydroxyl groups excluding tert-OH is 4. The van der Waals surface area contributed by atoms with E-state index < -0.39 is 66.3 Å². The highest BCUT2D eigenvalue weighted by Gasteiger charge is 2.45. The number of aromatic nitrogens is 3. The average Bonchev–Trinajstić information content (AvgIpc) is 0.781. The third-order valence-corrected chi connectivity index (χ3v) is 17.0. The molecule has 0 spiro atoms. The number of non-ortho nitro benzene ring substituents is 1. The van der Waals surface area contributed by atoms with Crippen LogP contribution in [0.3, 0.4) is 0 Å². The lowest BCUT2D eigenvalue weighted by Gasteiger charge is -2.40. The third-order valence-electron chi connectivity index (χ3n) is 17.0. The number of nitro groups is 1. The number of ether oxygens (including phenoxy) is 6. The Morgan fingerprint density at radius 2 is 1.38 bits per heavy atom. The number of aliphatic hydroxyl groups is 4. The Morgan fingerprint density at radius 1 is 0.721 bits per heavy atom. The van der Waals surface area contributed by atoms with E-state index in [0.717, 1.165) is 16.7 Å². The van der Waals surface area contributed by atoms with Gasteiger partial charge in [0.2, 0.25) is 17.2 Å². The molecule has 3 aliphatic rings. The molecule has 6 atom stereocenters. The fourth-order valence-electron chi connectivity index (χ4n) is 11.2. The van der Waals surface area contributed by atoms with Crippen LogP contribution in [0.1, 0.15) is 71.4 Å². The van der Waals surface area contributed by atoms with Crippen molar-refractivity contribution < 1.29 is 82.5 Å². The molecule has 1 saturated heterocycles. The molecule has 1 fully saturated rings. The number of nitrogens with zero attached hydrogens (tertiary/aromatic N) is 11. The normalized spacial score (nSPS) is 16.2. The second-order valence-electron chi connectivity index (χ2n) is 24.8. The Labute approximate surface area is 598 Å². The quantitative estimate of drug-likeness (QED) is 0.00354. The van der Waals surface area contributed by atoms with Crippen molar-refractivity contribution in [1.29, 1.82) is 0 Å². The lowest BCUT2D eigenvalue weighted by Crippen LogP contribution is -2.59. The Bertz CT molecular complexity index is 4350. The molecule has 2 aliphatic heterocycles. The Morgan fingerprint density at radius 3 is 2.03 bits per heavy atom. The lowest BCUT2D eigenvalue weighted by atomic mass is 9.89. The van der Waals surface area contributed by atoms with E-state index in [1.165, 1.54) is 44.6 Å². The Hall–Kier alpha value is -10.7. The fraction of sp³-hybridized carbons (Fsp3) is 0.403. The first-order chi connectivity index (χ1) is 50.1. The fourth-order valence-corrected chi connectivity index (χ4v) is 11.2. The van der Waals surface area contributed by atoms with Crippen molar-refractivity contribution in [2.45, 2.75) is 95.0 Å². The monoisotopic (exact) mass is 1440 g/mol. The number of aromatic carboxylic acids is 1. The van der Waals surface area contributed by atoms with E-state index in [9.17, 15) is 54.8 Å². The van der Waals surface area contributed by atoms with Gasteiger partial charge in [-0.05, 0) is 91.6 Å². The smallest absolute Gasteiger partial charge is 0.336 e. The molecular formula is C72H87N14O18+. The molecule has 0 saturated carbocycles. The largest absolute Gasteiger partial charge is 0.494 e. The molecule has 1 aromatic heterocycles. The summed E-state index contributed by atoms with van der Waals surface area (Å²) >= 11 is 0. The number of anilines is 2. The van der Waals surface area contributed by atoms with Gasteiger partial charge in [-0.3, -0.25) is 24.5 Å². The van der Waals surface area contributed by atoms with Crippen LogP contribution in [0, 0.1) is 10.1 Å². The van der Waals surface area contributed by atoms with E-state index >= 15 is 0 Å². The van der Waals surface area contributed by atoms with Crippen LogP contribution in [0.25, 0.3) is 33.4 Å². The van der Waals surface area contributed by atoms with Gasteiger partial charge in [0.1, 0.15) is 78.4 Å². The molecular weight excluding hydrogens is 1350 g/mol. The number of hydrogen-bond acceptors (Lipinski definition) is 25. The van der Waals surface area contributed by atoms with Crippen LogP contribution >= 0.6 is 0 Å². The molecule has 8 N–H and O–H groups in total. The number of carboxylic acid groups (broad SMARTS) is 1. The lowest BCUT2D eigenvalue weighted by molar-refractivity contribution is -0.384. The molecule has 0 radical (unpaired) electrons. The first kappa shape index (κ1) is 77.4. The molecule has 3 amide bonds. The van der Waals surface area contributed by atoms with Crippen LogP contribution < -0.4 is 45.2 Å². The van der Waals surface area contributed by atoms with Gasteiger partial charge in [-0.2, -0.15) is 10.2 Å². The topological polar surface area (TPSA) is 407 Å². The first-order valence-electron chi connectivity index (χ1n) is 33.7. The zero-order chi connectivity index (χ0) is 74.4. The first-order valence-corrected chi connectivity index (χ1v) is 33.7. The standard InChI is InChI=1S/C72H86N14O18/c1-82(2)50-23-26-53-58(36-50)102-59-37-51(83(3)4)24-27-54(59)66(53)52-25-14-44(35-55(52)71(94)95)70(93)74-29-11-9-8-10-28-73-64(89)40-65(104-72-69(92)68(91)67(90)62(43-87)103-72)101-34-33-100-32-31-85-42-47(78-81-85)41-75-63(88)13-12-30-84(5)48-19-15-45(16-20-48)76-79-56-38-61(99-7)57(39-60(56)98-6)80-77-46-17-21-49(22-18-46)86(96)97/h14-27,35-39,42,62,65,67-69,72,87,90-92H,8-13,28-34,40-41,43H2,1-7H3,(H3-,73,74,75,88,89,93,94,95)/p+1/t62-,65?,67-,68+,69-,72+/m1/s1. The summed E-state index contributed by atoms with van der Waals surface area (Å²) in [6.07, 6.45) is -4.56. The van der Waals surface area contributed by atoms with E-state index in [1.54, 1.807) is 35.1 Å². The maximum atomic E-state index is 13.4. The van der Waals surface area contributed by atoms with E-state index in [4.69, 9.17) is 32.8 Å². The zero-order valence-corrected chi connectivity index (χ0v) is 58.8. The number of nitro benzene ring substituents is 1. The van der Waals surface area contributed by atoms with Crippen molar-refractivity contribution in [3.05, 3.63) is 154 Å². The third kappa shape index (κ3) is 21.0. The number of carbonyl (C=O) groups is 4. The number of methoxy groups -OCH3 is 2. The zero-order valence-electron chi connectivity index (χ0n) is 58.8. The number of azo groups is 2. The molecule has 1 unspecified atom stereocenters. The molecule has 0 bridgehead atoms. The van der Waals surface area contributed by atoms with Crippen LogP contribution in [0.5, 0.6) is 11.5 Å². The molecule has 32 heteroatoms. The van der Waals surface area contributed by atoms with Gasteiger partial charge in [0, 0.05) is 117 Å². The summed E-state index contributed by atoms with van der Waals surface area (Å²) in [6.45, 7) is 1.07. The van der Waals surface area contributed by atoms with E-state index in [-0.39, 0.29) is 68.5 Å². The number of rotatable bonds is 37. The summed E-state index contributed by atoms with van der Waals surface area (Å²) in [4.78, 5) is 66.9. The van der Waals surface area contributed by atoms with Gasteiger partial charge < -0.3 is 84.1 Å². The van der Waals surface area contributed by atoms with Crippen LogP contribution in [0.4, 0.5) is 39.8 Å². The molecule has 1 aliphatic carbocycles. The van der Waals surface area contributed by atoms with Crippen LogP contribution in [-0.4, -0.2) is 202 Å². The molecule has 9 rings (SSSR count). The van der Waals surface area contributed by atoms with Crippen LogP contribution in [0.15, 0.2) is 146 Å². The number of hydrogen-bond donors (Lipinski definition) is 8. The summed E-state index contributed by atoms with van der Waals surface area (Å²) < 4.78 is 44.0. The second-order valence-corrected chi connectivity index (χ2v) is 24.8. The number of carbonyl (C=O) groups excluding carboxylic acids is 3.